The Labute approximate surface area is 317 Å². The summed E-state index contributed by atoms with van der Waals surface area (Å²) in [5.41, 5.74) is 3.83. The molecule has 0 unspecified atom stereocenters. The van der Waals surface area contributed by atoms with Gasteiger partial charge in [-0.1, -0.05) is 23.5 Å². The molecule has 0 spiro atoms. The van der Waals surface area contributed by atoms with E-state index in [0.717, 1.165) is 45.8 Å². The van der Waals surface area contributed by atoms with Crippen LogP contribution in [0.2, 0.25) is 0 Å². The number of carbonyl (C=O) groups excluding carboxylic acids is 1. The van der Waals surface area contributed by atoms with Gasteiger partial charge in [0, 0.05) is 36.8 Å². The van der Waals surface area contributed by atoms with Crippen molar-refractivity contribution in [3.63, 3.8) is 0 Å². The first-order valence-corrected chi connectivity index (χ1v) is 20.8. The summed E-state index contributed by atoms with van der Waals surface area (Å²) in [5, 5.41) is 26.6. The van der Waals surface area contributed by atoms with Crippen molar-refractivity contribution in [3.8, 4) is 11.1 Å². The first-order chi connectivity index (χ1) is 25.8. The smallest absolute Gasteiger partial charge is 0.303 e. The van der Waals surface area contributed by atoms with E-state index in [4.69, 9.17) is 15.2 Å². The van der Waals surface area contributed by atoms with Crippen LogP contribution in [0.15, 0.2) is 48.7 Å². The molecule has 4 bridgehead atoms. The maximum atomic E-state index is 13.9. The topological polar surface area (TPSA) is 185 Å². The van der Waals surface area contributed by atoms with Gasteiger partial charge in [0.2, 0.25) is 10.0 Å². The lowest BCUT2D eigenvalue weighted by molar-refractivity contribution is -0.137. The molecule has 5 aromatic rings. The van der Waals surface area contributed by atoms with E-state index in [1.807, 2.05) is 44.2 Å². The number of nitrogens with one attached hydrogen (secondary N) is 2. The van der Waals surface area contributed by atoms with Crippen molar-refractivity contribution >= 4 is 66.0 Å². The van der Waals surface area contributed by atoms with Crippen molar-refractivity contribution in [1.29, 1.82) is 0 Å². The van der Waals surface area contributed by atoms with Crippen LogP contribution in [0.5, 0.6) is 0 Å². The maximum absolute atomic E-state index is 13.9. The molecule has 9 rings (SSSR count). The van der Waals surface area contributed by atoms with Crippen LogP contribution in [-0.2, 0) is 21.4 Å². The van der Waals surface area contributed by atoms with Crippen molar-refractivity contribution in [1.82, 2.24) is 34.7 Å². The van der Waals surface area contributed by atoms with Crippen LogP contribution in [0.3, 0.4) is 0 Å². The highest BCUT2D eigenvalue weighted by Gasteiger charge is 2.51. The number of aromatic nitrogens is 6. The number of benzene rings is 1. The van der Waals surface area contributed by atoms with Crippen LogP contribution in [0.4, 0.5) is 22.6 Å². The third-order valence-corrected chi connectivity index (χ3v) is 13.6. The molecule has 0 aliphatic heterocycles. The van der Waals surface area contributed by atoms with Crippen molar-refractivity contribution in [2.45, 2.75) is 71.8 Å². The molecule has 3 N–H and O–H groups in total. The fourth-order valence-corrected chi connectivity index (χ4v) is 11.1. The average molecular weight is 770 g/mol. The molecular weight excluding hydrogens is 727 g/mol. The molecule has 4 aliphatic carbocycles. The van der Waals surface area contributed by atoms with E-state index in [1.54, 1.807) is 30.3 Å². The molecule has 0 saturated heterocycles. The Balaban J connectivity index is 1.08. The van der Waals surface area contributed by atoms with E-state index < -0.39 is 27.7 Å². The molecule has 4 saturated carbocycles. The molecule has 1 amide bonds. The highest BCUT2D eigenvalue weighted by molar-refractivity contribution is 7.90. The number of anilines is 4. The lowest BCUT2D eigenvalue weighted by Gasteiger charge is -2.56. The third-order valence-electron chi connectivity index (χ3n) is 11.4. The fraction of sp³-hybridized carbons (Fsp3) is 0.447. The zero-order chi connectivity index (χ0) is 37.8. The first kappa shape index (κ1) is 36.0. The van der Waals surface area contributed by atoms with Crippen molar-refractivity contribution in [2.24, 2.45) is 23.2 Å². The van der Waals surface area contributed by atoms with Crippen molar-refractivity contribution in [2.75, 3.05) is 23.0 Å². The monoisotopic (exact) mass is 769 g/mol. The minimum absolute atomic E-state index is 0.0996. The van der Waals surface area contributed by atoms with Gasteiger partial charge in [-0.3, -0.25) is 14.3 Å². The van der Waals surface area contributed by atoms with Gasteiger partial charge in [-0.25, -0.2) is 23.1 Å². The Bertz CT molecular complexity index is 2310. The summed E-state index contributed by atoms with van der Waals surface area (Å²) >= 11 is 1.51. The lowest BCUT2D eigenvalue weighted by atomic mass is 9.49. The summed E-state index contributed by atoms with van der Waals surface area (Å²) in [7, 11) is -2.42. The minimum Gasteiger partial charge on any atom is -0.481 e. The minimum atomic E-state index is -4.16. The van der Waals surface area contributed by atoms with Crippen molar-refractivity contribution in [3.05, 3.63) is 65.6 Å². The zero-order valence-corrected chi connectivity index (χ0v) is 32.1. The lowest BCUT2D eigenvalue weighted by Crippen LogP contribution is -2.48. The van der Waals surface area contributed by atoms with Crippen LogP contribution in [-0.4, -0.2) is 68.1 Å². The van der Waals surface area contributed by atoms with Crippen LogP contribution < -0.4 is 14.9 Å². The molecule has 282 valence electrons. The number of amides is 1. The number of carboxylic acid groups (broad SMARTS) is 1. The number of para-hydroxylation sites is 1. The van der Waals surface area contributed by atoms with Crippen molar-refractivity contribution < 1.29 is 23.1 Å². The van der Waals surface area contributed by atoms with Gasteiger partial charge < -0.3 is 15.3 Å². The Morgan fingerprint density at radius 2 is 1.70 bits per heavy atom. The highest BCUT2D eigenvalue weighted by Crippen LogP contribution is 2.60. The standard InChI is InChI=1S/C38H43N9O5S2/c1-22-13-32(43-44-35(22)42-37-40-29-7-4-5-8-30(29)53-37)46(3)31-11-10-27(34(41-31)36(50)45-54(51,52)12-6-9-33(48)49)28-20-39-47(23(28)2)21-38-17-24-14-25(18-38)16-26(15-24)19-38/h4-5,7-8,10-11,13,20,24-26H,6,9,12,14-19,21H2,1-3H3,(H,45,50)(H,48,49)(H,40,42,44). The Morgan fingerprint density at radius 3 is 2.39 bits per heavy atom. The number of rotatable bonds is 13. The number of aryl methyl sites for hydroxylation is 1. The maximum Gasteiger partial charge on any atom is 0.303 e. The van der Waals surface area contributed by atoms with Crippen LogP contribution in [0, 0.1) is 37.0 Å². The third kappa shape index (κ3) is 7.28. The predicted molar refractivity (Wildman–Crippen MR) is 207 cm³/mol. The van der Waals surface area contributed by atoms with Gasteiger partial charge >= 0.3 is 5.97 Å². The molecule has 0 atom stereocenters. The number of hydrogen-bond acceptors (Lipinski definition) is 12. The number of thiazole rings is 1. The molecule has 14 nitrogen and oxygen atoms in total. The molecule has 4 aliphatic rings. The summed E-state index contributed by atoms with van der Waals surface area (Å²) in [5.74, 6) is 1.18. The quantitative estimate of drug-likeness (QED) is 0.117. The van der Waals surface area contributed by atoms with Gasteiger partial charge in [-0.15, -0.1) is 10.2 Å². The second-order valence-electron chi connectivity index (χ2n) is 15.4. The number of carboxylic acids is 1. The van der Waals surface area contributed by atoms with Crippen LogP contribution >= 0.6 is 11.3 Å². The number of nitrogens with zero attached hydrogens (tertiary/aromatic N) is 7. The number of aliphatic carboxylic acids is 1. The van der Waals surface area contributed by atoms with Gasteiger partial charge in [0.05, 0.1) is 22.2 Å². The number of pyridine rings is 1. The van der Waals surface area contributed by atoms with Gasteiger partial charge in [0.1, 0.15) is 11.5 Å². The van der Waals surface area contributed by atoms with E-state index in [1.165, 1.54) is 49.9 Å². The first-order valence-electron chi connectivity index (χ1n) is 18.3. The summed E-state index contributed by atoms with van der Waals surface area (Å²) < 4.78 is 31.1. The summed E-state index contributed by atoms with van der Waals surface area (Å²) in [4.78, 5) is 35.9. The number of sulfonamides is 1. The molecule has 1 aromatic carbocycles. The Morgan fingerprint density at radius 1 is 0.981 bits per heavy atom. The zero-order valence-electron chi connectivity index (χ0n) is 30.4. The molecule has 4 heterocycles. The largest absolute Gasteiger partial charge is 0.481 e. The van der Waals surface area contributed by atoms with Gasteiger partial charge in [-0.05, 0) is 118 Å². The van der Waals surface area contributed by atoms with Gasteiger partial charge in [-0.2, -0.15) is 5.10 Å². The van der Waals surface area contributed by atoms with E-state index in [0.29, 0.717) is 33.7 Å². The van der Waals surface area contributed by atoms with Gasteiger partial charge in [0.25, 0.3) is 5.91 Å². The van der Waals surface area contributed by atoms with Crippen LogP contribution in [0.25, 0.3) is 21.3 Å². The van der Waals surface area contributed by atoms with E-state index in [2.05, 4.69) is 29.9 Å². The molecule has 4 aromatic heterocycles. The molecule has 16 heteroatoms. The normalized spacial score (nSPS) is 21.7. The number of fused-ring (bicyclic) bond motifs is 1. The van der Waals surface area contributed by atoms with E-state index in [9.17, 15) is 18.0 Å². The number of carbonyl (C=O) groups is 2. The van der Waals surface area contributed by atoms with Gasteiger partial charge in [0.15, 0.2) is 16.8 Å². The van der Waals surface area contributed by atoms with Crippen LogP contribution in [0.1, 0.15) is 73.1 Å². The van der Waals surface area contributed by atoms with E-state index >= 15 is 0 Å². The van der Waals surface area contributed by atoms with E-state index in [-0.39, 0.29) is 24.0 Å². The molecule has 0 radical (unpaired) electrons. The summed E-state index contributed by atoms with van der Waals surface area (Å²) in [6, 6.07) is 13.2. The fourth-order valence-electron chi connectivity index (χ4n) is 9.25. The molecule has 4 fully saturated rings. The summed E-state index contributed by atoms with van der Waals surface area (Å²) in [6.07, 6.45) is 8.99. The predicted octanol–water partition coefficient (Wildman–Crippen LogP) is 6.61. The molecular formula is C38H43N9O5S2. The average Bonchev–Trinajstić information content (AvgIpc) is 3.69. The number of hydrogen-bond donors (Lipinski definition) is 3. The Kier molecular flexibility index (Phi) is 9.36. The molecule has 54 heavy (non-hydrogen) atoms. The second kappa shape index (κ2) is 14.0. The summed E-state index contributed by atoms with van der Waals surface area (Å²) in [6.45, 7) is 4.70. The highest BCUT2D eigenvalue weighted by atomic mass is 32.2. The Hall–Kier alpha value is -4.96. The second-order valence-corrected chi connectivity index (χ2v) is 18.3. The SMILES string of the molecule is Cc1cc(N(C)c2ccc(-c3cnn(CC45CC6CC(CC(C6)C4)C5)c3C)c(C(=O)NS(=O)(=O)CCCC(=O)O)n2)nnc1Nc1nc2ccccc2s1.